The molecule has 4 rings (SSSR count). The molecular weight excluding hydrogens is 374 g/mol. The molecule has 3 N–H and O–H groups in total. The summed E-state index contributed by atoms with van der Waals surface area (Å²) < 4.78 is 29.3. The van der Waals surface area contributed by atoms with E-state index in [0.717, 1.165) is 11.1 Å². The number of hydrogen-bond acceptors (Lipinski definition) is 5. The third kappa shape index (κ3) is 3.00. The number of nitrogens with zero attached hydrogens (tertiary/aromatic N) is 3. The third-order valence-corrected chi connectivity index (χ3v) is 4.89. The van der Waals surface area contributed by atoms with Gasteiger partial charge in [0, 0.05) is 16.1 Å². The second-order valence-electron chi connectivity index (χ2n) is 5.54. The summed E-state index contributed by atoms with van der Waals surface area (Å²) in [5.41, 5.74) is 8.60. The van der Waals surface area contributed by atoms with Crippen molar-refractivity contribution in [1.82, 2.24) is 9.97 Å². The standard InChI is InChI=1S/C17H12ClN5O2S/c18-12-8-6-11(7-9-12)14-13(10-4-2-1-3-5-10)20-15-16(19)22-26(24,25)23-17(15)21-14/h1-9H,(H2,19,22)(H,21,23). The Labute approximate surface area is 154 Å². The minimum Gasteiger partial charge on any atom is -0.381 e. The van der Waals surface area contributed by atoms with Crippen LogP contribution in [0.5, 0.6) is 0 Å². The van der Waals surface area contributed by atoms with Gasteiger partial charge in [0.25, 0.3) is 0 Å². The first-order valence-corrected chi connectivity index (χ1v) is 9.37. The minimum atomic E-state index is -3.94. The fraction of sp³-hybridized carbons (Fsp3) is 0. The van der Waals surface area contributed by atoms with Crippen LogP contribution < -0.4 is 10.5 Å². The van der Waals surface area contributed by atoms with E-state index in [2.05, 4.69) is 19.1 Å². The van der Waals surface area contributed by atoms with Gasteiger partial charge in [0.15, 0.2) is 17.3 Å². The Balaban J connectivity index is 2.00. The van der Waals surface area contributed by atoms with E-state index in [4.69, 9.17) is 17.3 Å². The van der Waals surface area contributed by atoms with E-state index in [1.807, 2.05) is 30.3 Å². The molecule has 0 atom stereocenters. The molecule has 7 nitrogen and oxygen atoms in total. The molecule has 1 aliphatic heterocycles. The van der Waals surface area contributed by atoms with Gasteiger partial charge in [-0.2, -0.15) is 8.42 Å². The molecule has 0 saturated carbocycles. The zero-order valence-electron chi connectivity index (χ0n) is 13.2. The average molecular weight is 386 g/mol. The predicted molar refractivity (Wildman–Crippen MR) is 101 cm³/mol. The lowest BCUT2D eigenvalue weighted by molar-refractivity contribution is 0.602. The molecule has 0 amide bonds. The summed E-state index contributed by atoms with van der Waals surface area (Å²) >= 11 is 5.97. The molecule has 0 aliphatic carbocycles. The maximum Gasteiger partial charge on any atom is 0.345 e. The number of fused-ring (bicyclic) bond motifs is 1. The van der Waals surface area contributed by atoms with E-state index in [-0.39, 0.29) is 17.3 Å². The lowest BCUT2D eigenvalue weighted by Gasteiger charge is -2.18. The molecule has 1 aromatic heterocycles. The van der Waals surface area contributed by atoms with Crippen LogP contribution in [-0.2, 0) is 10.2 Å². The highest BCUT2D eigenvalue weighted by Gasteiger charge is 2.26. The molecule has 0 spiro atoms. The van der Waals surface area contributed by atoms with E-state index in [0.29, 0.717) is 16.4 Å². The summed E-state index contributed by atoms with van der Waals surface area (Å²) in [6.07, 6.45) is 0. The number of nitrogens with one attached hydrogen (secondary N) is 1. The van der Waals surface area contributed by atoms with Crippen molar-refractivity contribution in [3.05, 3.63) is 65.3 Å². The SMILES string of the molecule is NC1=NS(=O)(=O)Nc2nc(-c3ccc(Cl)cc3)c(-c3ccccc3)nc21. The fourth-order valence-electron chi connectivity index (χ4n) is 2.61. The lowest BCUT2D eigenvalue weighted by Crippen LogP contribution is -2.28. The van der Waals surface area contributed by atoms with Crippen LogP contribution in [-0.4, -0.2) is 24.2 Å². The molecule has 130 valence electrons. The van der Waals surface area contributed by atoms with Gasteiger partial charge in [0.1, 0.15) is 0 Å². The first kappa shape index (κ1) is 16.5. The summed E-state index contributed by atoms with van der Waals surface area (Å²) in [5.74, 6) is -0.159. The van der Waals surface area contributed by atoms with Crippen LogP contribution in [0.3, 0.4) is 0 Å². The first-order chi connectivity index (χ1) is 12.4. The van der Waals surface area contributed by atoms with Crippen molar-refractivity contribution in [3.8, 4) is 22.5 Å². The molecule has 1 aliphatic rings. The smallest absolute Gasteiger partial charge is 0.345 e. The van der Waals surface area contributed by atoms with Gasteiger partial charge in [-0.05, 0) is 12.1 Å². The molecule has 2 heterocycles. The number of amidine groups is 1. The number of aromatic nitrogens is 2. The Morgan fingerprint density at radius 1 is 0.846 bits per heavy atom. The van der Waals surface area contributed by atoms with Crippen molar-refractivity contribution in [2.24, 2.45) is 10.1 Å². The Hall–Kier alpha value is -2.97. The van der Waals surface area contributed by atoms with Gasteiger partial charge in [0.05, 0.1) is 11.4 Å². The van der Waals surface area contributed by atoms with Gasteiger partial charge < -0.3 is 5.73 Å². The quantitative estimate of drug-likeness (QED) is 0.704. The van der Waals surface area contributed by atoms with Gasteiger partial charge in [-0.1, -0.05) is 54.1 Å². The number of benzene rings is 2. The summed E-state index contributed by atoms with van der Waals surface area (Å²) in [6.45, 7) is 0. The lowest BCUT2D eigenvalue weighted by atomic mass is 10.0. The van der Waals surface area contributed by atoms with Gasteiger partial charge in [-0.25, -0.2) is 14.7 Å². The highest BCUT2D eigenvalue weighted by Crippen LogP contribution is 2.33. The zero-order valence-corrected chi connectivity index (χ0v) is 14.8. The maximum absolute atomic E-state index is 11.8. The van der Waals surface area contributed by atoms with Crippen molar-refractivity contribution in [2.45, 2.75) is 0 Å². The summed E-state index contributed by atoms with van der Waals surface area (Å²) in [6, 6.07) is 16.5. The van der Waals surface area contributed by atoms with E-state index < -0.39 is 10.2 Å². The Kier molecular flexibility index (Phi) is 3.86. The molecule has 0 radical (unpaired) electrons. The maximum atomic E-state index is 11.8. The molecular formula is C17H12ClN5O2S. The number of halogens is 1. The number of anilines is 1. The summed E-state index contributed by atoms with van der Waals surface area (Å²) in [5, 5.41) is 0.581. The van der Waals surface area contributed by atoms with Crippen LogP contribution in [0.4, 0.5) is 5.82 Å². The van der Waals surface area contributed by atoms with Crippen molar-refractivity contribution >= 4 is 33.5 Å². The summed E-state index contributed by atoms with van der Waals surface area (Å²) in [7, 11) is -3.94. The summed E-state index contributed by atoms with van der Waals surface area (Å²) in [4.78, 5) is 9.03. The molecule has 0 bridgehead atoms. The van der Waals surface area contributed by atoms with Gasteiger partial charge in [-0.15, -0.1) is 4.40 Å². The Bertz CT molecular complexity index is 1130. The largest absolute Gasteiger partial charge is 0.381 e. The fourth-order valence-corrected chi connectivity index (χ4v) is 3.51. The van der Waals surface area contributed by atoms with Gasteiger partial charge in [0.2, 0.25) is 0 Å². The molecule has 3 aromatic rings. The number of rotatable bonds is 2. The second-order valence-corrected chi connectivity index (χ2v) is 7.32. The van der Waals surface area contributed by atoms with Crippen LogP contribution in [0.25, 0.3) is 22.5 Å². The van der Waals surface area contributed by atoms with Crippen LogP contribution in [0.1, 0.15) is 5.69 Å². The normalized spacial score (nSPS) is 14.9. The molecule has 26 heavy (non-hydrogen) atoms. The average Bonchev–Trinajstić information content (AvgIpc) is 2.61. The van der Waals surface area contributed by atoms with Crippen LogP contribution in [0, 0.1) is 0 Å². The van der Waals surface area contributed by atoms with E-state index >= 15 is 0 Å². The highest BCUT2D eigenvalue weighted by molar-refractivity contribution is 7.91. The monoisotopic (exact) mass is 385 g/mol. The Morgan fingerprint density at radius 2 is 1.46 bits per heavy atom. The molecule has 0 saturated heterocycles. The molecule has 0 unspecified atom stereocenters. The highest BCUT2D eigenvalue weighted by atomic mass is 35.5. The van der Waals surface area contributed by atoms with Crippen LogP contribution >= 0.6 is 11.6 Å². The van der Waals surface area contributed by atoms with Crippen LogP contribution in [0.2, 0.25) is 5.02 Å². The van der Waals surface area contributed by atoms with Crippen molar-refractivity contribution in [1.29, 1.82) is 0 Å². The molecule has 2 aromatic carbocycles. The van der Waals surface area contributed by atoms with E-state index in [1.54, 1.807) is 24.3 Å². The predicted octanol–water partition coefficient (Wildman–Crippen LogP) is 2.84. The number of nitrogens with two attached hydrogens (primary N) is 1. The van der Waals surface area contributed by atoms with Crippen LogP contribution in [0.15, 0.2) is 59.0 Å². The number of hydrogen-bond donors (Lipinski definition) is 2. The van der Waals surface area contributed by atoms with E-state index in [9.17, 15) is 8.42 Å². The van der Waals surface area contributed by atoms with E-state index in [1.165, 1.54) is 0 Å². The van der Waals surface area contributed by atoms with Crippen molar-refractivity contribution in [2.75, 3.05) is 4.72 Å². The van der Waals surface area contributed by atoms with Gasteiger partial charge in [-0.3, -0.25) is 0 Å². The van der Waals surface area contributed by atoms with Crippen molar-refractivity contribution < 1.29 is 8.42 Å². The second kappa shape index (κ2) is 6.08. The van der Waals surface area contributed by atoms with Gasteiger partial charge >= 0.3 is 10.2 Å². The minimum absolute atomic E-state index is 0.0436. The first-order valence-electron chi connectivity index (χ1n) is 7.55. The Morgan fingerprint density at radius 3 is 2.15 bits per heavy atom. The van der Waals surface area contributed by atoms with Crippen molar-refractivity contribution in [3.63, 3.8) is 0 Å². The zero-order chi connectivity index (χ0) is 18.3. The topological polar surface area (TPSA) is 110 Å². The third-order valence-electron chi connectivity index (χ3n) is 3.75. The molecule has 0 fully saturated rings. The molecule has 9 heteroatoms.